The third kappa shape index (κ3) is 7.50. The van der Waals surface area contributed by atoms with Gasteiger partial charge in [0.1, 0.15) is 17.0 Å². The molecule has 0 spiro atoms. The number of carbonyl (C=O) groups excluding carboxylic acids is 3. The molecule has 0 unspecified atom stereocenters. The predicted octanol–water partition coefficient (Wildman–Crippen LogP) is 7.41. The molecule has 3 atom stereocenters. The summed E-state index contributed by atoms with van der Waals surface area (Å²) in [5.74, 6) is 1.26. The molecule has 4 N–H and O–H groups in total. The number of nitrogens with one attached hydrogen (secondary N) is 3. The van der Waals surface area contributed by atoms with Crippen LogP contribution in [0.2, 0.25) is 0 Å². The van der Waals surface area contributed by atoms with E-state index in [1.807, 2.05) is 57.3 Å². The van der Waals surface area contributed by atoms with Gasteiger partial charge in [0, 0.05) is 51.8 Å². The Bertz CT molecular complexity index is 1980. The number of aromatic nitrogens is 1. The van der Waals surface area contributed by atoms with Gasteiger partial charge in [-0.15, -0.1) is 11.3 Å². The van der Waals surface area contributed by atoms with E-state index in [2.05, 4.69) is 27.0 Å². The minimum Gasteiger partial charge on any atom is -0.493 e. The van der Waals surface area contributed by atoms with Crippen molar-refractivity contribution < 1.29 is 29.0 Å². The summed E-state index contributed by atoms with van der Waals surface area (Å²) in [7, 11) is 0. The Kier molecular flexibility index (Phi) is 9.60. The van der Waals surface area contributed by atoms with Crippen LogP contribution in [0.5, 0.6) is 5.75 Å². The van der Waals surface area contributed by atoms with Crippen molar-refractivity contribution in [1.82, 2.24) is 15.6 Å². The number of benzene rings is 2. The molecule has 3 aliphatic rings. The zero-order valence-electron chi connectivity index (χ0n) is 29.4. The highest BCUT2D eigenvalue weighted by Gasteiger charge is 2.40. The van der Waals surface area contributed by atoms with Gasteiger partial charge in [-0.1, -0.05) is 18.6 Å². The number of hydrogen-bond donors (Lipinski definition) is 4. The van der Waals surface area contributed by atoms with Gasteiger partial charge in [0.15, 0.2) is 0 Å². The van der Waals surface area contributed by atoms with Gasteiger partial charge in [-0.05, 0) is 117 Å². The lowest BCUT2D eigenvalue weighted by molar-refractivity contribution is 0.0523. The second-order valence-corrected chi connectivity index (χ2v) is 15.7. The highest BCUT2D eigenvalue weighted by Crippen LogP contribution is 2.45. The third-order valence-electron chi connectivity index (χ3n) is 10.0. The Morgan fingerprint density at radius 1 is 1.02 bits per heavy atom. The van der Waals surface area contributed by atoms with Crippen LogP contribution in [-0.2, 0) is 24.3 Å². The Hall–Kier alpha value is -4.74. The topological polar surface area (TPSA) is 139 Å². The van der Waals surface area contributed by atoms with Crippen LogP contribution in [0.15, 0.2) is 53.9 Å². The number of carbonyl (C=O) groups is 3. The van der Waals surface area contributed by atoms with Crippen LogP contribution < -0.4 is 20.7 Å². The number of thiophene rings is 1. The average molecular weight is 709 g/mol. The Morgan fingerprint density at radius 2 is 1.82 bits per heavy atom. The largest absolute Gasteiger partial charge is 0.493 e. The molecule has 11 heteroatoms. The standard InChI is InChI=1S/C40H44N4O6S/c1-22-15-32(38(47)44-31-17-24-5-8-26(31)16-24)43-33(21-45)35(22)28-19-34-30(36-25(11-13-49-34)12-14-51-36)18-29(28)37(46)42-27-9-6-23(7-10-27)20-41-39(48)50-40(2,3)4/h6-7,9-10,12,14-15,18-19,24,26,31,45H,5,8,11,13,16-17,20-21H2,1-4H3,(H,41,48)(H,42,46)(H,44,47)/t24-,26+,31+/m1/s1. The zero-order valence-corrected chi connectivity index (χ0v) is 30.2. The first-order chi connectivity index (χ1) is 24.5. The van der Waals surface area contributed by atoms with E-state index in [0.717, 1.165) is 40.8 Å². The van der Waals surface area contributed by atoms with E-state index in [4.69, 9.17) is 9.47 Å². The lowest BCUT2D eigenvalue weighted by Crippen LogP contribution is -2.39. The first-order valence-corrected chi connectivity index (χ1v) is 18.5. The molecular weight excluding hydrogens is 665 g/mol. The van der Waals surface area contributed by atoms with E-state index in [9.17, 15) is 19.5 Å². The number of hydrogen-bond acceptors (Lipinski definition) is 8. The molecule has 1 aliphatic heterocycles. The second kappa shape index (κ2) is 14.1. The van der Waals surface area contributed by atoms with Crippen molar-refractivity contribution in [1.29, 1.82) is 0 Å². The number of pyridine rings is 1. The predicted molar refractivity (Wildman–Crippen MR) is 197 cm³/mol. The van der Waals surface area contributed by atoms with Gasteiger partial charge in [-0.3, -0.25) is 9.59 Å². The summed E-state index contributed by atoms with van der Waals surface area (Å²) in [5.41, 5.74) is 5.61. The molecule has 2 aliphatic carbocycles. The number of nitrogens with zero attached hydrogens (tertiary/aromatic N) is 1. The summed E-state index contributed by atoms with van der Waals surface area (Å²) in [6.07, 6.45) is 4.81. The fourth-order valence-corrected chi connectivity index (χ4v) is 8.68. The van der Waals surface area contributed by atoms with E-state index in [1.54, 1.807) is 29.5 Å². The lowest BCUT2D eigenvalue weighted by atomic mass is 9.91. The summed E-state index contributed by atoms with van der Waals surface area (Å²) in [6, 6.07) is 14.9. The highest BCUT2D eigenvalue weighted by atomic mass is 32.1. The number of aliphatic hydroxyl groups is 1. The van der Waals surface area contributed by atoms with Gasteiger partial charge in [-0.25, -0.2) is 9.78 Å². The van der Waals surface area contributed by atoms with Gasteiger partial charge in [0.2, 0.25) is 0 Å². The van der Waals surface area contributed by atoms with Gasteiger partial charge < -0.3 is 30.5 Å². The third-order valence-corrected chi connectivity index (χ3v) is 11.0. The first-order valence-electron chi connectivity index (χ1n) is 17.6. The van der Waals surface area contributed by atoms with Crippen LogP contribution in [0.3, 0.4) is 0 Å². The fraction of sp³-hybridized carbons (Fsp3) is 0.400. The quantitative estimate of drug-likeness (QED) is 0.150. The smallest absolute Gasteiger partial charge is 0.407 e. The number of aliphatic hydroxyl groups excluding tert-OH is 1. The van der Waals surface area contributed by atoms with Crippen molar-refractivity contribution in [3.8, 4) is 27.3 Å². The average Bonchev–Trinajstić information content (AvgIpc) is 3.83. The summed E-state index contributed by atoms with van der Waals surface area (Å²) in [6.45, 7) is 7.64. The van der Waals surface area contributed by atoms with Gasteiger partial charge >= 0.3 is 6.09 Å². The molecule has 0 radical (unpaired) electrons. The second-order valence-electron chi connectivity index (χ2n) is 14.8. The van der Waals surface area contributed by atoms with Gasteiger partial charge in [0.05, 0.1) is 18.9 Å². The van der Waals surface area contributed by atoms with Crippen LogP contribution in [-0.4, -0.2) is 46.2 Å². The molecule has 4 aromatic rings. The van der Waals surface area contributed by atoms with Crippen LogP contribution >= 0.6 is 11.3 Å². The summed E-state index contributed by atoms with van der Waals surface area (Å²) < 4.78 is 11.6. The van der Waals surface area contributed by atoms with Crippen LogP contribution in [0.25, 0.3) is 21.6 Å². The number of anilines is 1. The molecule has 2 aromatic heterocycles. The summed E-state index contributed by atoms with van der Waals surface area (Å²) in [5, 5.41) is 21.7. The number of alkyl carbamates (subject to hydrolysis) is 1. The van der Waals surface area contributed by atoms with E-state index >= 15 is 0 Å². The van der Waals surface area contributed by atoms with E-state index < -0.39 is 18.3 Å². The van der Waals surface area contributed by atoms with Crippen molar-refractivity contribution in [3.63, 3.8) is 0 Å². The number of rotatable bonds is 8. The molecule has 10 nitrogen and oxygen atoms in total. The molecular formula is C40H44N4O6S. The van der Waals surface area contributed by atoms with E-state index in [1.165, 1.54) is 12.8 Å². The van der Waals surface area contributed by atoms with Crippen LogP contribution in [0.4, 0.5) is 10.5 Å². The van der Waals surface area contributed by atoms with E-state index in [0.29, 0.717) is 57.8 Å². The minimum absolute atomic E-state index is 0.157. The van der Waals surface area contributed by atoms with E-state index in [-0.39, 0.29) is 30.1 Å². The molecule has 51 heavy (non-hydrogen) atoms. The van der Waals surface area contributed by atoms with Crippen LogP contribution in [0.1, 0.15) is 89.7 Å². The maximum absolute atomic E-state index is 14.2. The van der Waals surface area contributed by atoms with Crippen molar-refractivity contribution in [3.05, 3.63) is 87.6 Å². The molecule has 2 fully saturated rings. The monoisotopic (exact) mass is 708 g/mol. The van der Waals surface area contributed by atoms with Crippen molar-refractivity contribution >= 4 is 34.9 Å². The zero-order chi connectivity index (χ0) is 35.9. The van der Waals surface area contributed by atoms with Crippen LogP contribution in [0, 0.1) is 18.8 Å². The minimum atomic E-state index is -0.595. The summed E-state index contributed by atoms with van der Waals surface area (Å²) >= 11 is 1.60. The van der Waals surface area contributed by atoms with Gasteiger partial charge in [0.25, 0.3) is 11.8 Å². The molecule has 2 saturated carbocycles. The Morgan fingerprint density at radius 3 is 2.53 bits per heavy atom. The van der Waals surface area contributed by atoms with Crippen molar-refractivity contribution in [2.45, 2.75) is 84.6 Å². The molecule has 2 aromatic carbocycles. The Labute approximate surface area is 302 Å². The SMILES string of the molecule is Cc1cc(C(=O)N[C@H]2C[C@@H]3CC[C@H]2C3)nc(CO)c1-c1cc2c(cc1C(=O)Nc1ccc(CNC(=O)OC(C)(C)C)cc1)-c1sccc1CCO2. The molecule has 0 saturated heterocycles. The lowest BCUT2D eigenvalue weighted by Gasteiger charge is -2.23. The normalized spacial score (nSPS) is 19.0. The van der Waals surface area contributed by atoms with Gasteiger partial charge in [-0.2, -0.15) is 0 Å². The number of amides is 3. The molecule has 7 rings (SSSR count). The highest BCUT2D eigenvalue weighted by molar-refractivity contribution is 7.13. The number of aryl methyl sites for hydroxylation is 1. The Balaban J connectivity index is 1.20. The first kappa shape index (κ1) is 34.7. The number of ether oxygens (including phenoxy) is 2. The fourth-order valence-electron chi connectivity index (χ4n) is 7.70. The maximum Gasteiger partial charge on any atom is 0.407 e. The maximum atomic E-state index is 14.2. The molecule has 2 bridgehead atoms. The molecule has 266 valence electrons. The number of fused-ring (bicyclic) bond motifs is 5. The molecule has 3 amide bonds. The molecule has 3 heterocycles. The van der Waals surface area contributed by atoms with Crippen molar-refractivity contribution in [2.75, 3.05) is 11.9 Å². The van der Waals surface area contributed by atoms with Crippen molar-refractivity contribution in [2.24, 2.45) is 11.8 Å². The summed E-state index contributed by atoms with van der Waals surface area (Å²) in [4.78, 5) is 45.5.